The minimum absolute atomic E-state index is 0.188. The average Bonchev–Trinajstić information content (AvgIpc) is 3.30. The summed E-state index contributed by atoms with van der Waals surface area (Å²) >= 11 is 1.33. The van der Waals surface area contributed by atoms with E-state index in [-0.39, 0.29) is 17.3 Å². The second-order valence-electron chi connectivity index (χ2n) is 13.0. The number of carbonyl (C=O) groups is 3. The number of ether oxygens (including phenoxy) is 2. The SMILES string of the molecule is CC(=O)Nc1nc(CCc2ccc(CNC(OC(N)=O)(OC(=O)NC(C)(C)C)C(C)(C)C)cc2)c(-c2ccc(S(C)(=O)=O)cc2)s1. The smallest absolute Gasteiger partial charge is 0.392 e. The maximum absolute atomic E-state index is 12.7. The van der Waals surface area contributed by atoms with Crippen LogP contribution >= 0.6 is 11.3 Å². The molecule has 2 aromatic carbocycles. The summed E-state index contributed by atoms with van der Waals surface area (Å²) in [6.45, 7) is 12.2. The van der Waals surface area contributed by atoms with Gasteiger partial charge in [0.05, 0.1) is 20.9 Å². The van der Waals surface area contributed by atoms with Crippen LogP contribution in [-0.4, -0.2) is 49.2 Å². The Morgan fingerprint density at radius 3 is 1.98 bits per heavy atom. The van der Waals surface area contributed by atoms with Crippen molar-refractivity contribution >= 4 is 44.4 Å². The third-order valence-corrected chi connectivity index (χ3v) is 8.86. The van der Waals surface area contributed by atoms with Crippen LogP contribution in [0.5, 0.6) is 0 Å². The lowest BCUT2D eigenvalue weighted by atomic mass is 9.90. The highest BCUT2D eigenvalue weighted by Gasteiger charge is 2.50. The average molecular weight is 674 g/mol. The van der Waals surface area contributed by atoms with Crippen LogP contribution in [0.3, 0.4) is 0 Å². The van der Waals surface area contributed by atoms with Gasteiger partial charge in [0.25, 0.3) is 0 Å². The molecule has 0 aliphatic heterocycles. The Morgan fingerprint density at radius 1 is 0.891 bits per heavy atom. The van der Waals surface area contributed by atoms with Crippen molar-refractivity contribution in [3.8, 4) is 10.4 Å². The summed E-state index contributed by atoms with van der Waals surface area (Å²) in [7, 11) is -3.34. The molecule has 1 heterocycles. The zero-order chi connectivity index (χ0) is 34.5. The summed E-state index contributed by atoms with van der Waals surface area (Å²) in [5.41, 5.74) is 7.33. The predicted octanol–water partition coefficient (Wildman–Crippen LogP) is 5.37. The third kappa shape index (κ3) is 10.3. The fourth-order valence-electron chi connectivity index (χ4n) is 4.38. The van der Waals surface area contributed by atoms with Crippen molar-refractivity contribution < 1.29 is 32.3 Å². The van der Waals surface area contributed by atoms with Crippen LogP contribution in [0, 0.1) is 5.41 Å². The zero-order valence-electron chi connectivity index (χ0n) is 27.4. The molecule has 0 saturated heterocycles. The molecule has 46 heavy (non-hydrogen) atoms. The van der Waals surface area contributed by atoms with Gasteiger partial charge in [-0.2, -0.15) is 0 Å². The lowest BCUT2D eigenvalue weighted by Gasteiger charge is -2.42. The fraction of sp³-hybridized carbons (Fsp3) is 0.438. The largest absolute Gasteiger partial charge is 0.411 e. The van der Waals surface area contributed by atoms with Crippen molar-refractivity contribution in [3.05, 3.63) is 65.4 Å². The van der Waals surface area contributed by atoms with Gasteiger partial charge >= 0.3 is 18.1 Å². The number of amides is 3. The van der Waals surface area contributed by atoms with Crippen LogP contribution in [0.15, 0.2) is 53.4 Å². The number of rotatable bonds is 11. The Balaban J connectivity index is 1.78. The molecule has 3 amide bonds. The highest BCUT2D eigenvalue weighted by atomic mass is 32.2. The quantitative estimate of drug-likeness (QED) is 0.195. The van der Waals surface area contributed by atoms with Crippen molar-refractivity contribution in [2.75, 3.05) is 11.6 Å². The normalized spacial score (nSPS) is 13.4. The van der Waals surface area contributed by atoms with E-state index in [1.165, 1.54) is 18.3 Å². The van der Waals surface area contributed by atoms with Crippen LogP contribution < -0.4 is 21.7 Å². The maximum atomic E-state index is 12.7. The molecule has 14 heteroatoms. The zero-order valence-corrected chi connectivity index (χ0v) is 29.1. The Bertz CT molecular complexity index is 1660. The summed E-state index contributed by atoms with van der Waals surface area (Å²) in [6.07, 6.45) is 0.481. The van der Waals surface area contributed by atoms with Gasteiger partial charge in [0.15, 0.2) is 15.0 Å². The number of hydrogen-bond donors (Lipinski definition) is 4. The molecule has 3 rings (SSSR count). The molecule has 1 unspecified atom stereocenters. The van der Waals surface area contributed by atoms with E-state index in [9.17, 15) is 22.8 Å². The number of alkyl carbamates (subject to hydrolysis) is 1. The number of hydrogen-bond acceptors (Lipinski definition) is 10. The predicted molar refractivity (Wildman–Crippen MR) is 178 cm³/mol. The molecular weight excluding hydrogens is 631 g/mol. The number of anilines is 1. The molecule has 3 aromatic rings. The van der Waals surface area contributed by atoms with Gasteiger partial charge in [0, 0.05) is 25.3 Å². The number of nitrogens with two attached hydrogens (primary N) is 1. The summed E-state index contributed by atoms with van der Waals surface area (Å²) < 4.78 is 34.9. The van der Waals surface area contributed by atoms with E-state index in [4.69, 9.17) is 15.2 Å². The molecule has 1 aromatic heterocycles. The second-order valence-corrected chi connectivity index (χ2v) is 16.0. The monoisotopic (exact) mass is 673 g/mol. The number of nitrogens with zero attached hydrogens (tertiary/aromatic N) is 1. The molecule has 0 fully saturated rings. The summed E-state index contributed by atoms with van der Waals surface area (Å²) in [5, 5.41) is 8.99. The van der Waals surface area contributed by atoms with E-state index in [0.29, 0.717) is 18.0 Å². The van der Waals surface area contributed by atoms with Gasteiger partial charge in [0.1, 0.15) is 0 Å². The van der Waals surface area contributed by atoms with Crippen molar-refractivity contribution in [3.63, 3.8) is 0 Å². The van der Waals surface area contributed by atoms with Crippen LogP contribution in [0.2, 0.25) is 0 Å². The topological polar surface area (TPSA) is 179 Å². The minimum Gasteiger partial charge on any atom is -0.392 e. The van der Waals surface area contributed by atoms with Crippen molar-refractivity contribution in [2.45, 2.75) is 84.2 Å². The maximum Gasteiger partial charge on any atom is 0.411 e. The number of thiazole rings is 1. The Kier molecular flexibility index (Phi) is 11.2. The van der Waals surface area contributed by atoms with Gasteiger partial charge < -0.3 is 25.8 Å². The lowest BCUT2D eigenvalue weighted by molar-refractivity contribution is -0.245. The Morgan fingerprint density at radius 2 is 1.48 bits per heavy atom. The molecule has 0 aliphatic rings. The van der Waals surface area contributed by atoms with Crippen LogP contribution in [0.4, 0.5) is 14.7 Å². The van der Waals surface area contributed by atoms with Gasteiger partial charge in [-0.15, -0.1) is 0 Å². The molecule has 0 saturated carbocycles. The molecular formula is C32H43N5O7S2. The van der Waals surface area contributed by atoms with Gasteiger partial charge in [-0.05, 0) is 62.4 Å². The van der Waals surface area contributed by atoms with Crippen LogP contribution in [0.1, 0.15) is 65.3 Å². The molecule has 0 spiro atoms. The van der Waals surface area contributed by atoms with Crippen LogP contribution in [-0.2, 0) is 43.5 Å². The van der Waals surface area contributed by atoms with E-state index in [1.54, 1.807) is 65.8 Å². The van der Waals surface area contributed by atoms with E-state index < -0.39 is 38.9 Å². The van der Waals surface area contributed by atoms with E-state index in [1.807, 2.05) is 24.3 Å². The number of aromatic nitrogens is 1. The number of sulfone groups is 1. The first-order valence-corrected chi connectivity index (χ1v) is 17.3. The number of aryl methyl sites for hydroxylation is 2. The number of nitrogens with one attached hydrogen (secondary N) is 3. The summed E-state index contributed by atoms with van der Waals surface area (Å²) in [6, 6.07) is 14.3. The standard InChI is InChI=1S/C32H43N5O7S2/c1-20(38)35-28-36-25(26(45-28)23-14-16-24(17-15-23)46(8,41)42)18-13-21-9-11-22(12-10-21)19-34-32(30(2,3)4,43-27(33)39)44-29(40)37-31(5,6)7/h9-12,14-17,34H,13,18-19H2,1-8H3,(H2,33,39)(H,37,40)(H,35,36,38). The Labute approximate surface area is 274 Å². The van der Waals surface area contributed by atoms with E-state index in [0.717, 1.165) is 33.5 Å². The van der Waals surface area contributed by atoms with Gasteiger partial charge in [-0.1, -0.05) is 68.5 Å². The second kappa shape index (κ2) is 14.2. The molecule has 0 radical (unpaired) electrons. The third-order valence-electron chi connectivity index (χ3n) is 6.67. The summed E-state index contributed by atoms with van der Waals surface area (Å²) in [4.78, 5) is 42.0. The highest BCUT2D eigenvalue weighted by Crippen LogP contribution is 2.35. The number of benzene rings is 2. The molecule has 1 atom stereocenters. The number of primary amides is 1. The molecule has 12 nitrogen and oxygen atoms in total. The highest BCUT2D eigenvalue weighted by molar-refractivity contribution is 7.90. The van der Waals surface area contributed by atoms with Crippen LogP contribution in [0.25, 0.3) is 10.4 Å². The fourth-order valence-corrected chi connectivity index (χ4v) is 6.07. The van der Waals surface area contributed by atoms with E-state index in [2.05, 4.69) is 20.9 Å². The lowest BCUT2D eigenvalue weighted by Crippen LogP contribution is -2.62. The first-order valence-electron chi connectivity index (χ1n) is 14.6. The first kappa shape index (κ1) is 36.5. The van der Waals surface area contributed by atoms with Crippen molar-refractivity contribution in [2.24, 2.45) is 11.1 Å². The number of carbonyl (C=O) groups excluding carboxylic acids is 3. The Hall–Kier alpha value is -4.01. The molecule has 5 N–H and O–H groups in total. The van der Waals surface area contributed by atoms with Crippen molar-refractivity contribution in [1.82, 2.24) is 15.6 Å². The van der Waals surface area contributed by atoms with Gasteiger partial charge in [-0.25, -0.2) is 28.3 Å². The molecule has 0 bridgehead atoms. The minimum atomic E-state index is -3.34. The molecule has 250 valence electrons. The summed E-state index contributed by atoms with van der Waals surface area (Å²) in [5.74, 6) is -2.10. The van der Waals surface area contributed by atoms with Crippen molar-refractivity contribution in [1.29, 1.82) is 0 Å². The van der Waals surface area contributed by atoms with Gasteiger partial charge in [0.2, 0.25) is 5.91 Å². The van der Waals surface area contributed by atoms with E-state index >= 15 is 0 Å². The first-order chi connectivity index (χ1) is 21.2. The van der Waals surface area contributed by atoms with Gasteiger partial charge in [-0.3, -0.25) is 4.79 Å². The molecule has 0 aliphatic carbocycles.